The largest absolute Gasteiger partial charge is 0.313 e. The molecule has 8 heavy (non-hydrogen) atoms. The zero-order chi connectivity index (χ0) is 6.57. The van der Waals surface area contributed by atoms with Crippen molar-refractivity contribution in [3.63, 3.8) is 0 Å². The first kappa shape index (κ1) is 7.80. The number of hydrogen-bond acceptors (Lipinski definition) is 1. The summed E-state index contributed by atoms with van der Waals surface area (Å²) in [5.41, 5.74) is -0.410. The second kappa shape index (κ2) is 3.76. The molecule has 0 heterocycles. The minimum absolute atomic E-state index is 0.410. The van der Waals surface area contributed by atoms with Gasteiger partial charge in [0, 0.05) is 0 Å². The van der Waals surface area contributed by atoms with Crippen molar-refractivity contribution in [2.75, 3.05) is 0 Å². The zero-order valence-electron chi connectivity index (χ0n) is 5.05. The normalized spacial score (nSPS) is 13.1. The Bertz CT molecular complexity index is 82.5. The molecule has 0 saturated heterocycles. The maximum atomic E-state index is 10.2. The van der Waals surface area contributed by atoms with Gasteiger partial charge in [-0.1, -0.05) is 19.8 Å². The van der Waals surface area contributed by atoms with Gasteiger partial charge in [-0.25, -0.2) is 0 Å². The summed E-state index contributed by atoms with van der Waals surface area (Å²) >= 11 is 0. The fraction of sp³-hybridized carbons (Fsp3) is 0.800. The lowest BCUT2D eigenvalue weighted by molar-refractivity contribution is -0.111. The molecule has 0 N–H and O–H groups in total. The van der Waals surface area contributed by atoms with E-state index in [0.29, 0.717) is 6.42 Å². The molecule has 0 amide bonds. The van der Waals surface area contributed by atoms with Gasteiger partial charge in [-0.05, 0) is 5.82 Å². The molecule has 0 aliphatic carbocycles. The Labute approximate surface area is 52.7 Å². The summed E-state index contributed by atoms with van der Waals surface area (Å²) in [6, 6.07) is 0. The van der Waals surface area contributed by atoms with E-state index >= 15 is 0 Å². The van der Waals surface area contributed by atoms with Gasteiger partial charge in [-0.15, -0.1) is 0 Å². The van der Waals surface area contributed by atoms with Crippen LogP contribution in [0, 0.1) is 0 Å². The first-order chi connectivity index (χ1) is 3.68. The monoisotopic (exact) mass is 106 g/mol. The molecule has 1 unspecified atom stereocenters. The highest BCUT2D eigenvalue weighted by Gasteiger charge is 2.02. The number of carbonyl (C=O) groups is 1. The van der Waals surface area contributed by atoms with Crippen LogP contribution in [-0.2, 0) is 4.79 Å². The van der Waals surface area contributed by atoms with Gasteiger partial charge in [0.2, 0.25) is 0 Å². The highest BCUT2D eigenvalue weighted by molar-refractivity contribution is 6.63. The molecule has 0 aliphatic rings. The Morgan fingerprint density at radius 3 is 2.38 bits per heavy atom. The van der Waals surface area contributed by atoms with Crippen molar-refractivity contribution in [2.45, 2.75) is 25.6 Å². The minimum atomic E-state index is -0.444. The van der Waals surface area contributed by atoms with Gasteiger partial charge >= 0.3 is 0 Å². The van der Waals surface area contributed by atoms with Crippen molar-refractivity contribution in [3.05, 3.63) is 0 Å². The van der Waals surface area contributed by atoms with Gasteiger partial charge < -0.3 is 4.79 Å². The smallest absolute Gasteiger partial charge is 0.167 e. The molecule has 1 atom stereocenters. The van der Waals surface area contributed by atoms with Crippen LogP contribution >= 0.6 is 0 Å². The third-order valence-corrected chi connectivity index (χ3v) is 0.965. The minimum Gasteiger partial charge on any atom is -0.313 e. The van der Waals surface area contributed by atoms with Crippen LogP contribution in [0.25, 0.3) is 0 Å². The van der Waals surface area contributed by atoms with E-state index in [4.69, 9.17) is 15.7 Å². The van der Waals surface area contributed by atoms with Gasteiger partial charge in [0.05, 0.1) is 13.5 Å². The van der Waals surface area contributed by atoms with E-state index in [0.717, 1.165) is 6.42 Å². The molecule has 0 bridgehead atoms. The average molecular weight is 106 g/mol. The Morgan fingerprint density at radius 1 is 1.75 bits per heavy atom. The van der Waals surface area contributed by atoms with Crippen LogP contribution in [0.4, 0.5) is 0 Å². The van der Waals surface area contributed by atoms with Crippen molar-refractivity contribution >= 4 is 21.4 Å². The van der Waals surface area contributed by atoms with E-state index < -0.39 is 11.5 Å². The molecule has 0 rings (SSSR count). The average Bonchev–Trinajstić information content (AvgIpc) is 1.67. The molecular weight excluding hydrogens is 97.7 g/mol. The van der Waals surface area contributed by atoms with Crippen molar-refractivity contribution in [3.8, 4) is 0 Å². The van der Waals surface area contributed by atoms with E-state index in [9.17, 15) is 4.79 Å². The molecule has 4 radical (unpaired) electrons. The molecule has 0 aromatic heterocycles. The van der Waals surface area contributed by atoms with Crippen LogP contribution < -0.4 is 0 Å². The molecule has 0 aliphatic heterocycles. The van der Waals surface area contributed by atoms with Gasteiger partial charge in [0.1, 0.15) is 0 Å². The molecule has 0 fully saturated rings. The van der Waals surface area contributed by atoms with Crippen molar-refractivity contribution < 1.29 is 4.79 Å². The molecule has 0 aromatic rings. The van der Waals surface area contributed by atoms with E-state index in [1.165, 1.54) is 0 Å². The van der Waals surface area contributed by atoms with Crippen LogP contribution in [0.3, 0.4) is 0 Å². The predicted octanol–water partition coefficient (Wildman–Crippen LogP) is 0.439. The van der Waals surface area contributed by atoms with Crippen molar-refractivity contribution in [2.24, 2.45) is 0 Å². The van der Waals surface area contributed by atoms with Gasteiger partial charge in [-0.2, -0.15) is 0 Å². The number of carbonyl (C=O) groups excluding carboxylic acids is 1. The predicted molar refractivity (Wildman–Crippen MR) is 35.2 cm³/mol. The summed E-state index contributed by atoms with van der Waals surface area (Å²) in [5, 5.41) is 0. The lowest BCUT2D eigenvalue weighted by Crippen LogP contribution is -2.06. The van der Waals surface area contributed by atoms with Crippen LogP contribution in [-0.4, -0.2) is 21.4 Å². The van der Waals surface area contributed by atoms with Crippen molar-refractivity contribution in [1.82, 2.24) is 0 Å². The molecule has 0 aromatic carbocycles. The Morgan fingerprint density at radius 2 is 2.25 bits per heavy atom. The lowest BCUT2D eigenvalue weighted by atomic mass is 9.73. The van der Waals surface area contributed by atoms with E-state index in [-0.39, 0.29) is 0 Å². The maximum absolute atomic E-state index is 10.2. The molecular formula is C5H8B2O. The lowest BCUT2D eigenvalue weighted by Gasteiger charge is -2.02. The van der Waals surface area contributed by atoms with Crippen LogP contribution in [0.5, 0.6) is 0 Å². The summed E-state index contributed by atoms with van der Waals surface area (Å²) in [6.45, 7) is 1.96. The number of hydrogen-bond donors (Lipinski definition) is 0. The summed E-state index contributed by atoms with van der Waals surface area (Å²) in [6.07, 6.45) is 1.60. The molecule has 0 spiro atoms. The standard InChI is InChI=1S/C5H8B2O/c1-2-3-4(6)5(7)8/h4H,2-3H2,1H3. The summed E-state index contributed by atoms with van der Waals surface area (Å²) in [5.74, 6) is -0.444. The fourth-order valence-corrected chi connectivity index (χ4v) is 0.453. The van der Waals surface area contributed by atoms with Gasteiger partial charge in [-0.3, -0.25) is 0 Å². The molecule has 1 nitrogen and oxygen atoms in total. The zero-order valence-corrected chi connectivity index (χ0v) is 5.05. The highest BCUT2D eigenvalue weighted by Crippen LogP contribution is 2.06. The summed E-state index contributed by atoms with van der Waals surface area (Å²) in [7, 11) is 10.1. The van der Waals surface area contributed by atoms with Crippen LogP contribution in [0.1, 0.15) is 19.8 Å². The summed E-state index contributed by atoms with van der Waals surface area (Å²) in [4.78, 5) is 10.2. The summed E-state index contributed by atoms with van der Waals surface area (Å²) < 4.78 is 0. The van der Waals surface area contributed by atoms with Crippen molar-refractivity contribution in [1.29, 1.82) is 0 Å². The Balaban J connectivity index is 3.32. The van der Waals surface area contributed by atoms with Gasteiger partial charge in [0.15, 0.2) is 7.85 Å². The van der Waals surface area contributed by atoms with Gasteiger partial charge in [0.25, 0.3) is 0 Å². The van der Waals surface area contributed by atoms with E-state index in [1.807, 2.05) is 6.92 Å². The fourth-order valence-electron chi connectivity index (χ4n) is 0.453. The third kappa shape index (κ3) is 2.89. The quantitative estimate of drug-likeness (QED) is 0.476. The molecule has 40 valence electrons. The Hall–Kier alpha value is -0.200. The topological polar surface area (TPSA) is 17.1 Å². The first-order valence-electron chi connectivity index (χ1n) is 2.73. The SMILES string of the molecule is [B]C(=O)C([B])CCC. The first-order valence-corrected chi connectivity index (χ1v) is 2.73. The second-order valence-corrected chi connectivity index (χ2v) is 1.80. The van der Waals surface area contributed by atoms with Crippen LogP contribution in [0.15, 0.2) is 0 Å². The number of rotatable bonds is 3. The second-order valence-electron chi connectivity index (χ2n) is 1.80. The highest BCUT2D eigenvalue weighted by atomic mass is 16.1. The Kier molecular flexibility index (Phi) is 3.67. The van der Waals surface area contributed by atoms with E-state index in [2.05, 4.69) is 0 Å². The van der Waals surface area contributed by atoms with Crippen LogP contribution in [0.2, 0.25) is 5.82 Å². The van der Waals surface area contributed by atoms with E-state index in [1.54, 1.807) is 0 Å². The molecule has 3 heteroatoms. The third-order valence-electron chi connectivity index (χ3n) is 0.965. The maximum Gasteiger partial charge on any atom is 0.167 e. The molecule has 0 saturated carbocycles.